The molecular weight excluding hydrogens is 225 g/mol. The van der Waals surface area contributed by atoms with Gasteiger partial charge in [-0.1, -0.05) is 9.76 Å². The van der Waals surface area contributed by atoms with Crippen LogP contribution in [0.5, 0.6) is 0 Å². The molecule has 0 aromatic carbocycles. The van der Waals surface area contributed by atoms with Crippen molar-refractivity contribution in [3.8, 4) is 0 Å². The van der Waals surface area contributed by atoms with Crippen molar-refractivity contribution in [1.29, 1.82) is 0 Å². The maximum absolute atomic E-state index is 9.71. The molecule has 0 bridgehead atoms. The van der Waals surface area contributed by atoms with Gasteiger partial charge >= 0.3 is 0 Å². The molecule has 0 aliphatic carbocycles. The molecule has 0 unspecified atom stereocenters. The summed E-state index contributed by atoms with van der Waals surface area (Å²) in [6.07, 6.45) is 0. The quantitative estimate of drug-likeness (QED) is 0.266. The Hall–Kier alpha value is 0.540. The zero-order valence-electron chi connectivity index (χ0n) is 7.82. The number of hydrogen-bond donors (Lipinski definition) is 4. The molecule has 0 atom stereocenters. The second-order valence-electron chi connectivity index (χ2n) is 3.93. The molecule has 0 amide bonds. The molecule has 0 spiro atoms. The molecule has 0 aromatic rings. The van der Waals surface area contributed by atoms with Crippen LogP contribution in [0.2, 0.25) is 0 Å². The van der Waals surface area contributed by atoms with Gasteiger partial charge in [-0.15, -0.1) is 0 Å². The van der Waals surface area contributed by atoms with Gasteiger partial charge in [-0.25, -0.2) is 12.9 Å². The summed E-state index contributed by atoms with van der Waals surface area (Å²) in [5, 5.41) is 0. The van der Waals surface area contributed by atoms with Crippen molar-refractivity contribution in [1.82, 2.24) is 12.9 Å². The summed E-state index contributed by atoms with van der Waals surface area (Å²) in [6.45, 7) is 1.61. The Morgan fingerprint density at radius 1 is 0.714 bits per heavy atom. The predicted octanol–water partition coefficient (Wildman–Crippen LogP) is -1.78. The minimum absolute atomic E-state index is 0.893. The van der Waals surface area contributed by atoms with Gasteiger partial charge in [0.1, 0.15) is 0 Å². The molecule has 3 rings (SSSR count). The van der Waals surface area contributed by atoms with E-state index in [1.54, 1.807) is 0 Å². The minimum Gasteiger partial charge on any atom is -0.327 e. The average Bonchev–Trinajstić information content (AvgIpc) is 2.94. The number of rotatable bonds is 3. The summed E-state index contributed by atoms with van der Waals surface area (Å²) in [6, 6.07) is 0. The highest BCUT2D eigenvalue weighted by Crippen LogP contribution is 2.55. The van der Waals surface area contributed by atoms with Gasteiger partial charge < -0.3 is 14.7 Å². The van der Waals surface area contributed by atoms with Crippen molar-refractivity contribution in [2.75, 3.05) is 39.3 Å². The van der Waals surface area contributed by atoms with Gasteiger partial charge in [0.25, 0.3) is 6.72 Å². The van der Waals surface area contributed by atoms with Crippen LogP contribution in [-0.2, 0) is 9.76 Å². The van der Waals surface area contributed by atoms with Crippen LogP contribution in [0.1, 0.15) is 0 Å². The standard InChI is InChI=1S/C6H16N3O3PS/c10-13(11,12)14(7-1-2-7,8-3-4-8)9-5-6-9/h10-12,14H,1-6H2. The Morgan fingerprint density at radius 3 is 1.14 bits per heavy atom. The van der Waals surface area contributed by atoms with E-state index >= 15 is 0 Å². The number of hydrogen-bond acceptors (Lipinski definition) is 0. The van der Waals surface area contributed by atoms with Crippen LogP contribution in [0.3, 0.4) is 0 Å². The van der Waals surface area contributed by atoms with Crippen LogP contribution < -0.4 is 0 Å². The van der Waals surface area contributed by atoms with Crippen molar-refractivity contribution >= 4 is 16.5 Å². The highest BCUT2D eigenvalue weighted by Gasteiger charge is 2.52. The fourth-order valence-electron chi connectivity index (χ4n) is 1.98. The van der Waals surface area contributed by atoms with E-state index in [0.717, 1.165) is 39.3 Å². The van der Waals surface area contributed by atoms with E-state index in [1.807, 2.05) is 0 Å². The molecule has 8 heteroatoms. The third-order valence-corrected chi connectivity index (χ3v) is 11.4. The smallest absolute Gasteiger partial charge is 0.295 e. The van der Waals surface area contributed by atoms with Crippen molar-refractivity contribution in [3.05, 3.63) is 0 Å². The lowest BCUT2D eigenvalue weighted by molar-refractivity contribution is 0.359. The molecule has 6 nitrogen and oxygen atoms in total. The Kier molecular flexibility index (Phi) is 1.95. The molecule has 0 aromatic heterocycles. The molecule has 3 heterocycles. The second-order valence-corrected chi connectivity index (χ2v) is 11.0. The third kappa shape index (κ3) is 1.25. The highest BCUT2D eigenvalue weighted by molar-refractivity contribution is 8.35. The van der Waals surface area contributed by atoms with Gasteiger partial charge in [0.15, 0.2) is 0 Å². The molecular formula is C6H16N3O3PS. The van der Waals surface area contributed by atoms with Crippen molar-refractivity contribution < 1.29 is 14.7 Å². The van der Waals surface area contributed by atoms with E-state index in [1.165, 1.54) is 0 Å². The Labute approximate surface area is 83.9 Å². The van der Waals surface area contributed by atoms with E-state index in [2.05, 4.69) is 12.9 Å². The summed E-state index contributed by atoms with van der Waals surface area (Å²) >= 11 is 0. The van der Waals surface area contributed by atoms with Crippen molar-refractivity contribution in [2.24, 2.45) is 0 Å². The van der Waals surface area contributed by atoms with Gasteiger partial charge in [-0.05, 0) is 0 Å². The van der Waals surface area contributed by atoms with Crippen LogP contribution in [0, 0.1) is 0 Å². The zero-order valence-corrected chi connectivity index (χ0v) is 9.61. The van der Waals surface area contributed by atoms with Crippen LogP contribution in [0.15, 0.2) is 0 Å². The Bertz CT molecular complexity index is 298. The molecule has 0 radical (unpaired) electrons. The summed E-state index contributed by atoms with van der Waals surface area (Å²) in [4.78, 5) is 29.1. The summed E-state index contributed by atoms with van der Waals surface area (Å²) in [7, 11) is -2.28. The van der Waals surface area contributed by atoms with Gasteiger partial charge in [-0.3, -0.25) is 0 Å². The molecule has 3 aliphatic heterocycles. The lowest BCUT2D eigenvalue weighted by Crippen LogP contribution is -2.38. The lowest BCUT2D eigenvalue weighted by atomic mass is 11.0. The molecule has 3 aliphatic rings. The topological polar surface area (TPSA) is 69.7 Å². The van der Waals surface area contributed by atoms with Crippen LogP contribution >= 0.6 is 6.72 Å². The molecule has 3 saturated heterocycles. The first-order valence-corrected chi connectivity index (χ1v) is 8.80. The molecule has 0 saturated carbocycles. The van der Waals surface area contributed by atoms with E-state index < -0.39 is 16.5 Å². The third-order valence-electron chi connectivity index (χ3n) is 2.77. The predicted molar refractivity (Wildman–Crippen MR) is 57.1 cm³/mol. The van der Waals surface area contributed by atoms with Crippen molar-refractivity contribution in [2.45, 2.75) is 0 Å². The first kappa shape index (κ1) is 9.74. The number of nitrogens with zero attached hydrogens (tertiary/aromatic N) is 3. The van der Waals surface area contributed by atoms with E-state index in [4.69, 9.17) is 0 Å². The minimum atomic E-state index is -3.75. The number of thiol groups is 1. The average molecular weight is 241 g/mol. The lowest BCUT2D eigenvalue weighted by Gasteiger charge is -2.39. The molecule has 14 heavy (non-hydrogen) atoms. The zero-order chi connectivity index (χ0) is 9.97. The normalized spacial score (nSPS) is 30.5. The van der Waals surface area contributed by atoms with Gasteiger partial charge in [0.05, 0.1) is 0 Å². The van der Waals surface area contributed by atoms with Crippen LogP contribution in [-0.4, -0.2) is 66.9 Å². The summed E-state index contributed by atoms with van der Waals surface area (Å²) < 4.78 is 6.17. The van der Waals surface area contributed by atoms with E-state index in [-0.39, 0.29) is 0 Å². The highest BCUT2D eigenvalue weighted by atomic mass is 32.6. The second kappa shape index (κ2) is 2.81. The Balaban J connectivity index is 2.15. The first-order valence-electron chi connectivity index (χ1n) is 4.80. The molecule has 3 N–H and O–H groups in total. The van der Waals surface area contributed by atoms with Crippen LogP contribution in [0.4, 0.5) is 0 Å². The monoisotopic (exact) mass is 241 g/mol. The Morgan fingerprint density at radius 2 is 1.00 bits per heavy atom. The van der Waals surface area contributed by atoms with Crippen molar-refractivity contribution in [3.63, 3.8) is 0 Å². The fraction of sp³-hybridized carbons (Fsp3) is 1.00. The maximum Gasteiger partial charge on any atom is 0.295 e. The molecule has 84 valence electrons. The van der Waals surface area contributed by atoms with E-state index in [9.17, 15) is 14.7 Å². The van der Waals surface area contributed by atoms with Crippen LogP contribution in [0.25, 0.3) is 0 Å². The van der Waals surface area contributed by atoms with Gasteiger partial charge in [0.2, 0.25) is 0 Å². The fourth-order valence-corrected chi connectivity index (χ4v) is 10.6. The summed E-state index contributed by atoms with van der Waals surface area (Å²) in [5.41, 5.74) is 0. The van der Waals surface area contributed by atoms with Gasteiger partial charge in [0, 0.05) is 39.3 Å². The van der Waals surface area contributed by atoms with Gasteiger partial charge in [-0.2, -0.15) is 0 Å². The maximum atomic E-state index is 9.71. The van der Waals surface area contributed by atoms with E-state index in [0.29, 0.717) is 0 Å². The SMILES string of the molecule is OP(O)(O)=[SH](N1CC1)(N1CC1)N1CC1. The first-order chi connectivity index (χ1) is 6.57. The summed E-state index contributed by atoms with van der Waals surface area (Å²) in [5.74, 6) is 0. The molecule has 3 fully saturated rings. The largest absolute Gasteiger partial charge is 0.327 e.